The lowest BCUT2D eigenvalue weighted by Gasteiger charge is -2.27. The van der Waals surface area contributed by atoms with Gasteiger partial charge in [0.05, 0.1) is 0 Å². The lowest BCUT2D eigenvalue weighted by molar-refractivity contribution is 0.209. The first-order valence-corrected chi connectivity index (χ1v) is 9.75. The van der Waals surface area contributed by atoms with Crippen molar-refractivity contribution in [3.8, 4) is 0 Å². The molecule has 0 atom stereocenters. The van der Waals surface area contributed by atoms with E-state index in [1.807, 2.05) is 0 Å². The quantitative estimate of drug-likeness (QED) is 0.186. The summed E-state index contributed by atoms with van der Waals surface area (Å²) in [6.07, 6.45) is 1.19. The van der Waals surface area contributed by atoms with E-state index >= 15 is 0 Å². The summed E-state index contributed by atoms with van der Waals surface area (Å²) in [5, 5.41) is 10.3. The molecule has 0 fully saturated rings. The molecule has 0 aliphatic heterocycles. The van der Waals surface area contributed by atoms with Gasteiger partial charge in [0.25, 0.3) is 0 Å². The topological polar surface area (TPSA) is 94.6 Å². The highest BCUT2D eigenvalue weighted by molar-refractivity contribution is 4.67. The summed E-state index contributed by atoms with van der Waals surface area (Å²) in [6, 6.07) is 0. The molecule has 0 aromatic rings. The molecular formula is C17H43N7. The Hall–Kier alpha value is -0.280. The van der Waals surface area contributed by atoms with Crippen LogP contribution in [0.2, 0.25) is 0 Å². The van der Waals surface area contributed by atoms with E-state index in [-0.39, 0.29) is 0 Å². The number of nitrogens with one attached hydrogen (secondary N) is 3. The van der Waals surface area contributed by atoms with Gasteiger partial charge in [0.2, 0.25) is 0 Å². The molecular weight excluding hydrogens is 302 g/mol. The van der Waals surface area contributed by atoms with Crippen LogP contribution in [0.15, 0.2) is 0 Å². The van der Waals surface area contributed by atoms with Gasteiger partial charge in [0.1, 0.15) is 0 Å². The Balaban J connectivity index is 3.89. The number of nitrogens with two attached hydrogens (primary N) is 2. The van der Waals surface area contributed by atoms with Gasteiger partial charge in [-0.3, -0.25) is 9.80 Å². The van der Waals surface area contributed by atoms with E-state index in [1.54, 1.807) is 0 Å². The summed E-state index contributed by atoms with van der Waals surface area (Å²) in [7, 11) is 0. The van der Waals surface area contributed by atoms with Crippen LogP contribution in [-0.4, -0.2) is 101 Å². The zero-order chi connectivity index (χ0) is 17.9. The summed E-state index contributed by atoms with van der Waals surface area (Å²) in [5.41, 5.74) is 11.5. The monoisotopic (exact) mass is 345 g/mol. The molecule has 7 heteroatoms. The molecule has 24 heavy (non-hydrogen) atoms. The van der Waals surface area contributed by atoms with Crippen molar-refractivity contribution in [2.45, 2.75) is 20.3 Å². The van der Waals surface area contributed by atoms with Crippen molar-refractivity contribution in [2.24, 2.45) is 11.5 Å². The summed E-state index contributed by atoms with van der Waals surface area (Å²) in [4.78, 5) is 4.89. The average Bonchev–Trinajstić information content (AvgIpc) is 2.58. The molecule has 7 N–H and O–H groups in total. The molecule has 146 valence electrons. The summed E-state index contributed by atoms with van der Waals surface area (Å²) in [5.74, 6) is 0. The molecule has 0 amide bonds. The first-order valence-electron chi connectivity index (χ1n) is 9.75. The maximum absolute atomic E-state index is 5.76. The van der Waals surface area contributed by atoms with Crippen molar-refractivity contribution in [3.63, 3.8) is 0 Å². The van der Waals surface area contributed by atoms with Crippen molar-refractivity contribution in [1.29, 1.82) is 0 Å². The van der Waals surface area contributed by atoms with Gasteiger partial charge in [0, 0.05) is 78.5 Å². The maximum Gasteiger partial charge on any atom is 0.0110 e. The molecule has 0 aliphatic rings. The van der Waals surface area contributed by atoms with Crippen molar-refractivity contribution in [1.82, 2.24) is 25.8 Å². The van der Waals surface area contributed by atoms with Crippen LogP contribution in [0.25, 0.3) is 0 Å². The Kier molecular flexibility index (Phi) is 18.8. The van der Waals surface area contributed by atoms with Crippen molar-refractivity contribution in [3.05, 3.63) is 0 Å². The molecule has 0 spiro atoms. The zero-order valence-corrected chi connectivity index (χ0v) is 16.2. The lowest BCUT2D eigenvalue weighted by atomic mass is 10.3. The zero-order valence-electron chi connectivity index (χ0n) is 16.2. The molecule has 0 saturated carbocycles. The minimum absolute atomic E-state index is 0.715. The van der Waals surface area contributed by atoms with E-state index in [1.165, 1.54) is 6.42 Å². The molecule has 0 bridgehead atoms. The van der Waals surface area contributed by atoms with Crippen LogP contribution in [-0.2, 0) is 0 Å². The third-order valence-corrected chi connectivity index (χ3v) is 3.99. The standard InChI is InChI=1S/C17H43N7/c1-3-7-21-8-9-22-11-15-24(13-6-19)17-16-23(12-5-18)14-10-20-4-2/h20-22H,3-19H2,1-2H3. The van der Waals surface area contributed by atoms with E-state index in [2.05, 4.69) is 39.6 Å². The molecule has 0 aromatic heterocycles. The third kappa shape index (κ3) is 15.3. The summed E-state index contributed by atoms with van der Waals surface area (Å²) in [6.45, 7) is 18.1. The number of nitrogens with zero attached hydrogens (tertiary/aromatic N) is 2. The van der Waals surface area contributed by atoms with E-state index < -0.39 is 0 Å². The highest BCUT2D eigenvalue weighted by atomic mass is 15.2. The molecule has 7 nitrogen and oxygen atoms in total. The fraction of sp³-hybridized carbons (Fsp3) is 1.00. The van der Waals surface area contributed by atoms with E-state index in [0.717, 1.165) is 85.1 Å². The van der Waals surface area contributed by atoms with Gasteiger partial charge < -0.3 is 27.4 Å². The summed E-state index contributed by atoms with van der Waals surface area (Å²) < 4.78 is 0. The normalized spacial score (nSPS) is 11.8. The van der Waals surface area contributed by atoms with Crippen LogP contribution in [0.1, 0.15) is 20.3 Å². The largest absolute Gasteiger partial charge is 0.329 e. The second-order valence-electron chi connectivity index (χ2n) is 6.11. The van der Waals surface area contributed by atoms with Crippen molar-refractivity contribution < 1.29 is 0 Å². The van der Waals surface area contributed by atoms with E-state index in [4.69, 9.17) is 11.5 Å². The van der Waals surface area contributed by atoms with Gasteiger partial charge in [-0.15, -0.1) is 0 Å². The molecule has 0 unspecified atom stereocenters. The molecule has 0 heterocycles. The Labute approximate surface area is 149 Å². The highest BCUT2D eigenvalue weighted by Crippen LogP contribution is 1.92. The average molecular weight is 346 g/mol. The number of rotatable bonds is 19. The van der Waals surface area contributed by atoms with Crippen LogP contribution < -0.4 is 27.4 Å². The predicted molar refractivity (Wildman–Crippen MR) is 106 cm³/mol. The highest BCUT2D eigenvalue weighted by Gasteiger charge is 2.08. The van der Waals surface area contributed by atoms with Gasteiger partial charge in [-0.25, -0.2) is 0 Å². The number of likely N-dealkylation sites (N-methyl/N-ethyl adjacent to an activating group) is 1. The first-order chi connectivity index (χ1) is 11.8. The smallest absolute Gasteiger partial charge is 0.0110 e. The molecule has 0 rings (SSSR count). The molecule has 0 aliphatic carbocycles. The second kappa shape index (κ2) is 19.1. The first kappa shape index (κ1) is 23.7. The Bertz CT molecular complexity index is 241. The fourth-order valence-electron chi connectivity index (χ4n) is 2.57. The fourth-order valence-corrected chi connectivity index (χ4v) is 2.57. The van der Waals surface area contributed by atoms with Crippen molar-refractivity contribution >= 4 is 0 Å². The Morgan fingerprint density at radius 1 is 0.583 bits per heavy atom. The van der Waals surface area contributed by atoms with E-state index in [9.17, 15) is 0 Å². The maximum atomic E-state index is 5.76. The third-order valence-electron chi connectivity index (χ3n) is 3.99. The minimum atomic E-state index is 0.715. The number of hydrogen-bond acceptors (Lipinski definition) is 7. The predicted octanol–water partition coefficient (Wildman–Crippen LogP) is -1.29. The van der Waals surface area contributed by atoms with Gasteiger partial charge in [-0.1, -0.05) is 13.8 Å². The van der Waals surface area contributed by atoms with Crippen LogP contribution in [0.4, 0.5) is 0 Å². The minimum Gasteiger partial charge on any atom is -0.329 e. The SMILES string of the molecule is CCCNCCNCCN(CCN)CCN(CCN)CCNCC. The van der Waals surface area contributed by atoms with Crippen molar-refractivity contribution in [2.75, 3.05) is 91.6 Å². The molecule has 0 radical (unpaired) electrons. The second-order valence-corrected chi connectivity index (χ2v) is 6.11. The van der Waals surface area contributed by atoms with Crippen LogP contribution >= 0.6 is 0 Å². The molecule has 0 aromatic carbocycles. The number of hydrogen-bond donors (Lipinski definition) is 5. The van der Waals surface area contributed by atoms with Crippen LogP contribution in [0.3, 0.4) is 0 Å². The molecule has 0 saturated heterocycles. The Morgan fingerprint density at radius 3 is 1.54 bits per heavy atom. The van der Waals surface area contributed by atoms with Gasteiger partial charge in [-0.05, 0) is 19.5 Å². The van der Waals surface area contributed by atoms with Gasteiger partial charge in [0.15, 0.2) is 0 Å². The van der Waals surface area contributed by atoms with Crippen LogP contribution in [0.5, 0.6) is 0 Å². The Morgan fingerprint density at radius 2 is 1.08 bits per heavy atom. The van der Waals surface area contributed by atoms with Crippen LogP contribution in [0, 0.1) is 0 Å². The van der Waals surface area contributed by atoms with E-state index in [0.29, 0.717) is 6.54 Å². The van der Waals surface area contributed by atoms with Gasteiger partial charge in [-0.2, -0.15) is 0 Å². The van der Waals surface area contributed by atoms with Gasteiger partial charge >= 0.3 is 0 Å². The lowest BCUT2D eigenvalue weighted by Crippen LogP contribution is -2.44. The summed E-state index contributed by atoms with van der Waals surface area (Å²) >= 11 is 0.